The van der Waals surface area contributed by atoms with Crippen LogP contribution in [0.5, 0.6) is 5.75 Å². The van der Waals surface area contributed by atoms with E-state index in [0.717, 1.165) is 29.2 Å². The van der Waals surface area contributed by atoms with Gasteiger partial charge in [0, 0.05) is 18.8 Å². The lowest BCUT2D eigenvalue weighted by Gasteiger charge is -2.02. The van der Waals surface area contributed by atoms with Gasteiger partial charge in [-0.25, -0.2) is 9.50 Å². The molecule has 0 aliphatic rings. The lowest BCUT2D eigenvalue weighted by atomic mass is 10.1. The van der Waals surface area contributed by atoms with Crippen LogP contribution in [0.3, 0.4) is 0 Å². The Morgan fingerprint density at radius 3 is 3.07 bits per heavy atom. The number of methoxy groups -OCH3 is 1. The van der Waals surface area contributed by atoms with E-state index in [-0.39, 0.29) is 5.91 Å². The topological polar surface area (TPSA) is 94.3 Å². The first-order chi connectivity index (χ1) is 13.2. The molecule has 27 heavy (non-hydrogen) atoms. The number of carbonyl (C=O) groups excluding carboxylic acids is 1. The molecule has 0 saturated heterocycles. The van der Waals surface area contributed by atoms with E-state index in [1.54, 1.807) is 30.1 Å². The zero-order chi connectivity index (χ0) is 18.6. The van der Waals surface area contributed by atoms with Gasteiger partial charge in [0.15, 0.2) is 5.65 Å². The van der Waals surface area contributed by atoms with Crippen LogP contribution < -0.4 is 10.1 Å². The van der Waals surface area contributed by atoms with Gasteiger partial charge in [0.2, 0.25) is 5.13 Å². The third-order valence-electron chi connectivity index (χ3n) is 3.97. The zero-order valence-electron chi connectivity index (χ0n) is 14.5. The van der Waals surface area contributed by atoms with Crippen LogP contribution in [0.1, 0.15) is 20.9 Å². The van der Waals surface area contributed by atoms with E-state index in [9.17, 15) is 4.79 Å². The number of fused-ring (bicyclic) bond motifs is 1. The summed E-state index contributed by atoms with van der Waals surface area (Å²) in [4.78, 5) is 16.7. The van der Waals surface area contributed by atoms with Crippen molar-refractivity contribution in [2.45, 2.75) is 12.8 Å². The Bertz CT molecular complexity index is 1090. The lowest BCUT2D eigenvalue weighted by molar-refractivity contribution is 0.102. The van der Waals surface area contributed by atoms with Crippen LogP contribution in [0.15, 0.2) is 48.9 Å². The normalized spacial score (nSPS) is 10.9. The largest absolute Gasteiger partial charge is 0.497 e. The Hall–Kier alpha value is -3.33. The molecule has 8 nitrogen and oxygen atoms in total. The average molecular weight is 380 g/mol. The van der Waals surface area contributed by atoms with E-state index in [4.69, 9.17) is 4.74 Å². The van der Waals surface area contributed by atoms with Gasteiger partial charge in [0.05, 0.1) is 13.3 Å². The number of aromatic nitrogens is 5. The maximum atomic E-state index is 12.5. The van der Waals surface area contributed by atoms with Crippen LogP contribution in [0, 0.1) is 0 Å². The van der Waals surface area contributed by atoms with Crippen molar-refractivity contribution in [2.75, 3.05) is 12.4 Å². The molecule has 4 rings (SSSR count). The van der Waals surface area contributed by atoms with Crippen molar-refractivity contribution in [3.63, 3.8) is 0 Å². The lowest BCUT2D eigenvalue weighted by Crippen LogP contribution is -2.11. The minimum atomic E-state index is -0.306. The van der Waals surface area contributed by atoms with Gasteiger partial charge in [-0.05, 0) is 30.2 Å². The average Bonchev–Trinajstić information content (AvgIpc) is 3.33. The third kappa shape index (κ3) is 3.77. The molecular weight excluding hydrogens is 364 g/mol. The number of ether oxygens (including phenoxy) is 1. The predicted molar refractivity (Wildman–Crippen MR) is 101 cm³/mol. The standard InChI is InChI=1S/C18H16N6O2S/c1-26-13-5-2-4-12(10-13)6-7-15-22-23-18(27-15)21-17(25)14-11-20-24-9-3-8-19-16(14)24/h2-5,8-11H,6-7H2,1H3,(H,21,23,25). The Labute approximate surface area is 158 Å². The molecule has 0 fully saturated rings. The molecule has 0 bridgehead atoms. The monoisotopic (exact) mass is 380 g/mol. The summed E-state index contributed by atoms with van der Waals surface area (Å²) in [6, 6.07) is 9.68. The number of anilines is 1. The number of benzene rings is 1. The van der Waals surface area contributed by atoms with Crippen molar-refractivity contribution in [2.24, 2.45) is 0 Å². The molecule has 0 radical (unpaired) electrons. The van der Waals surface area contributed by atoms with Gasteiger partial charge in [0.1, 0.15) is 16.3 Å². The van der Waals surface area contributed by atoms with Gasteiger partial charge in [-0.2, -0.15) is 5.10 Å². The van der Waals surface area contributed by atoms with Gasteiger partial charge in [0.25, 0.3) is 5.91 Å². The summed E-state index contributed by atoms with van der Waals surface area (Å²) >= 11 is 1.36. The van der Waals surface area contributed by atoms with E-state index < -0.39 is 0 Å². The first kappa shape index (κ1) is 17.1. The quantitative estimate of drug-likeness (QED) is 0.553. The van der Waals surface area contributed by atoms with Crippen molar-refractivity contribution in [1.29, 1.82) is 0 Å². The van der Waals surface area contributed by atoms with Crippen molar-refractivity contribution in [3.8, 4) is 5.75 Å². The molecule has 1 aromatic carbocycles. The maximum absolute atomic E-state index is 12.5. The molecule has 0 saturated carbocycles. The number of hydrogen-bond acceptors (Lipinski definition) is 7. The highest BCUT2D eigenvalue weighted by atomic mass is 32.1. The molecule has 0 atom stereocenters. The Kier molecular flexibility index (Phi) is 4.75. The van der Waals surface area contributed by atoms with Gasteiger partial charge in [-0.3, -0.25) is 10.1 Å². The molecule has 1 amide bonds. The first-order valence-electron chi connectivity index (χ1n) is 8.28. The number of nitrogens with one attached hydrogen (secondary N) is 1. The second-order valence-corrected chi connectivity index (χ2v) is 6.81. The SMILES string of the molecule is COc1cccc(CCc2nnc(NC(=O)c3cnn4cccnc34)s2)c1. The van der Waals surface area contributed by atoms with Crippen molar-refractivity contribution < 1.29 is 9.53 Å². The van der Waals surface area contributed by atoms with Gasteiger partial charge in [-0.1, -0.05) is 23.5 Å². The number of aryl methyl sites for hydroxylation is 2. The Balaban J connectivity index is 1.41. The minimum Gasteiger partial charge on any atom is -0.497 e. The fourth-order valence-electron chi connectivity index (χ4n) is 2.64. The van der Waals surface area contributed by atoms with Crippen LogP contribution >= 0.6 is 11.3 Å². The van der Waals surface area contributed by atoms with E-state index in [2.05, 4.69) is 25.6 Å². The van der Waals surface area contributed by atoms with Gasteiger partial charge < -0.3 is 4.74 Å². The third-order valence-corrected chi connectivity index (χ3v) is 4.87. The summed E-state index contributed by atoms with van der Waals surface area (Å²) in [5.74, 6) is 0.527. The van der Waals surface area contributed by atoms with Crippen LogP contribution in [-0.2, 0) is 12.8 Å². The van der Waals surface area contributed by atoms with E-state index >= 15 is 0 Å². The number of carbonyl (C=O) groups is 1. The zero-order valence-corrected chi connectivity index (χ0v) is 15.3. The molecule has 3 aromatic heterocycles. The van der Waals surface area contributed by atoms with Crippen molar-refractivity contribution in [3.05, 3.63) is 65.1 Å². The molecule has 4 aromatic rings. The Morgan fingerprint density at radius 1 is 1.26 bits per heavy atom. The highest BCUT2D eigenvalue weighted by Crippen LogP contribution is 2.20. The van der Waals surface area contributed by atoms with E-state index in [1.807, 2.05) is 24.3 Å². The molecule has 0 spiro atoms. The van der Waals surface area contributed by atoms with Crippen molar-refractivity contribution >= 4 is 28.0 Å². The summed E-state index contributed by atoms with van der Waals surface area (Å²) < 4.78 is 6.79. The maximum Gasteiger partial charge on any atom is 0.262 e. The van der Waals surface area contributed by atoms with Crippen molar-refractivity contribution in [1.82, 2.24) is 24.8 Å². The molecular formula is C18H16N6O2S. The molecule has 1 N–H and O–H groups in total. The number of nitrogens with zero attached hydrogens (tertiary/aromatic N) is 5. The summed E-state index contributed by atoms with van der Waals surface area (Å²) in [6.07, 6.45) is 6.40. The summed E-state index contributed by atoms with van der Waals surface area (Å²) in [6.45, 7) is 0. The molecule has 136 valence electrons. The van der Waals surface area contributed by atoms with Crippen LogP contribution in [0.25, 0.3) is 5.65 Å². The van der Waals surface area contributed by atoms with Crippen LogP contribution in [0.4, 0.5) is 5.13 Å². The predicted octanol–water partition coefficient (Wildman–Crippen LogP) is 2.63. The van der Waals surface area contributed by atoms with Crippen LogP contribution in [-0.4, -0.2) is 37.8 Å². The van der Waals surface area contributed by atoms with Gasteiger partial charge in [-0.15, -0.1) is 10.2 Å². The molecule has 0 aliphatic heterocycles. The van der Waals surface area contributed by atoms with Gasteiger partial charge >= 0.3 is 0 Å². The summed E-state index contributed by atoms with van der Waals surface area (Å²) in [5, 5.41) is 16.4. The number of hydrogen-bond donors (Lipinski definition) is 1. The summed E-state index contributed by atoms with van der Waals surface area (Å²) in [7, 11) is 1.65. The molecule has 9 heteroatoms. The second kappa shape index (κ2) is 7.50. The minimum absolute atomic E-state index is 0.306. The first-order valence-corrected chi connectivity index (χ1v) is 9.09. The fraction of sp³-hybridized carbons (Fsp3) is 0.167. The van der Waals surface area contributed by atoms with E-state index in [1.165, 1.54) is 17.5 Å². The highest BCUT2D eigenvalue weighted by Gasteiger charge is 2.15. The second-order valence-electron chi connectivity index (χ2n) is 5.75. The summed E-state index contributed by atoms with van der Waals surface area (Å²) in [5.41, 5.74) is 2.05. The fourth-order valence-corrected chi connectivity index (χ4v) is 3.37. The van der Waals surface area contributed by atoms with E-state index in [0.29, 0.717) is 16.3 Å². The molecule has 0 aliphatic carbocycles. The Morgan fingerprint density at radius 2 is 2.19 bits per heavy atom. The molecule has 3 heterocycles. The number of amides is 1. The molecule has 0 unspecified atom stereocenters. The number of rotatable bonds is 6. The highest BCUT2D eigenvalue weighted by molar-refractivity contribution is 7.15. The van der Waals surface area contributed by atoms with Crippen LogP contribution in [0.2, 0.25) is 0 Å². The smallest absolute Gasteiger partial charge is 0.262 e.